The van der Waals surface area contributed by atoms with Crippen molar-refractivity contribution in [2.45, 2.75) is 13.8 Å². The fourth-order valence-electron chi connectivity index (χ4n) is 1.36. The molecular weight excluding hydrogens is 218 g/mol. The number of aromatic nitrogens is 3. The van der Waals surface area contributed by atoms with E-state index in [9.17, 15) is 0 Å². The number of nitrogens with two attached hydrogens (primary N) is 1. The van der Waals surface area contributed by atoms with E-state index in [0.717, 1.165) is 11.3 Å². The van der Waals surface area contributed by atoms with E-state index in [0.29, 0.717) is 17.4 Å². The van der Waals surface area contributed by atoms with E-state index >= 15 is 0 Å². The first-order valence-corrected chi connectivity index (χ1v) is 5.10. The zero-order chi connectivity index (χ0) is 12.3. The van der Waals surface area contributed by atoms with Gasteiger partial charge in [0.05, 0.1) is 11.3 Å². The summed E-state index contributed by atoms with van der Waals surface area (Å²) in [4.78, 5) is 12.2. The molecule has 17 heavy (non-hydrogen) atoms. The summed E-state index contributed by atoms with van der Waals surface area (Å²) in [6.07, 6.45) is 3.10. The monoisotopic (exact) mass is 231 g/mol. The molecule has 88 valence electrons. The summed E-state index contributed by atoms with van der Waals surface area (Å²) in [5.41, 5.74) is 4.04. The maximum absolute atomic E-state index is 5.67. The van der Waals surface area contributed by atoms with Crippen molar-refractivity contribution < 1.29 is 4.74 Å². The summed E-state index contributed by atoms with van der Waals surface area (Å²) in [7, 11) is 0. The van der Waals surface area contributed by atoms with Gasteiger partial charge in [0.2, 0.25) is 5.88 Å². The lowest BCUT2D eigenvalue weighted by Crippen LogP contribution is -2.11. The van der Waals surface area contributed by atoms with Crippen LogP contribution in [0.2, 0.25) is 0 Å². The van der Waals surface area contributed by atoms with Crippen molar-refractivity contribution in [1.29, 1.82) is 0 Å². The first-order valence-electron chi connectivity index (χ1n) is 5.10. The van der Waals surface area contributed by atoms with Crippen LogP contribution in [0, 0.1) is 13.8 Å². The Balaban J connectivity index is 2.34. The van der Waals surface area contributed by atoms with Gasteiger partial charge in [0.1, 0.15) is 12.1 Å². The maximum Gasteiger partial charge on any atom is 0.227 e. The van der Waals surface area contributed by atoms with E-state index in [1.165, 1.54) is 6.33 Å². The van der Waals surface area contributed by atoms with Gasteiger partial charge in [-0.15, -0.1) is 0 Å². The Morgan fingerprint density at radius 1 is 1.24 bits per heavy atom. The molecule has 3 N–H and O–H groups in total. The summed E-state index contributed by atoms with van der Waals surface area (Å²) >= 11 is 0. The second-order valence-electron chi connectivity index (χ2n) is 3.49. The van der Waals surface area contributed by atoms with Gasteiger partial charge in [0.15, 0.2) is 5.75 Å². The minimum atomic E-state index is 0.462. The van der Waals surface area contributed by atoms with E-state index in [4.69, 9.17) is 10.6 Å². The van der Waals surface area contributed by atoms with Crippen LogP contribution in [0.5, 0.6) is 11.6 Å². The van der Waals surface area contributed by atoms with Gasteiger partial charge in [0.25, 0.3) is 0 Å². The van der Waals surface area contributed by atoms with E-state index in [1.807, 2.05) is 19.9 Å². The zero-order valence-corrected chi connectivity index (χ0v) is 9.64. The molecule has 0 unspecified atom stereocenters. The van der Waals surface area contributed by atoms with Gasteiger partial charge in [-0.2, -0.15) is 0 Å². The number of pyridine rings is 1. The molecule has 0 aliphatic rings. The Bertz CT molecular complexity index is 529. The molecule has 0 amide bonds. The molecule has 2 rings (SSSR count). The number of aryl methyl sites for hydroxylation is 1. The second-order valence-corrected chi connectivity index (χ2v) is 3.49. The molecule has 2 aromatic rings. The lowest BCUT2D eigenvalue weighted by molar-refractivity contribution is 0.451. The van der Waals surface area contributed by atoms with Crippen LogP contribution in [-0.4, -0.2) is 15.0 Å². The number of hydrazine groups is 1. The van der Waals surface area contributed by atoms with Crippen molar-refractivity contribution in [3.63, 3.8) is 0 Å². The average molecular weight is 231 g/mol. The van der Waals surface area contributed by atoms with Gasteiger partial charge in [0, 0.05) is 6.20 Å². The van der Waals surface area contributed by atoms with Gasteiger partial charge < -0.3 is 10.2 Å². The van der Waals surface area contributed by atoms with Gasteiger partial charge >= 0.3 is 0 Å². The molecule has 0 fully saturated rings. The summed E-state index contributed by atoms with van der Waals surface area (Å²) in [5, 5.41) is 0. The standard InChI is InChI=1S/C11H13N5O/c1-7-10(16-12)14-6-15-11(7)17-9-4-3-5-13-8(9)2/h3-6H,12H2,1-2H3,(H,14,15,16). The van der Waals surface area contributed by atoms with E-state index in [-0.39, 0.29) is 0 Å². The molecule has 2 heterocycles. The molecule has 0 atom stereocenters. The number of rotatable bonds is 3. The highest BCUT2D eigenvalue weighted by atomic mass is 16.5. The topological polar surface area (TPSA) is 86.0 Å². The van der Waals surface area contributed by atoms with Crippen molar-refractivity contribution in [1.82, 2.24) is 15.0 Å². The molecular formula is C11H13N5O. The minimum absolute atomic E-state index is 0.462. The molecule has 0 radical (unpaired) electrons. The number of hydrogen-bond donors (Lipinski definition) is 2. The molecule has 0 aliphatic heterocycles. The van der Waals surface area contributed by atoms with Crippen LogP contribution in [0.3, 0.4) is 0 Å². The van der Waals surface area contributed by atoms with Crippen molar-refractivity contribution >= 4 is 5.82 Å². The Morgan fingerprint density at radius 2 is 2.06 bits per heavy atom. The molecule has 0 bridgehead atoms. The molecule has 6 nitrogen and oxygen atoms in total. The average Bonchev–Trinajstić information content (AvgIpc) is 2.34. The molecule has 0 aliphatic carbocycles. The predicted octanol–water partition coefficient (Wildman–Crippen LogP) is 1.57. The number of ether oxygens (including phenoxy) is 1. The van der Waals surface area contributed by atoms with E-state index < -0.39 is 0 Å². The Labute approximate surface area is 98.9 Å². The van der Waals surface area contributed by atoms with Crippen LogP contribution in [0.1, 0.15) is 11.3 Å². The Kier molecular flexibility index (Phi) is 3.15. The van der Waals surface area contributed by atoms with Gasteiger partial charge in [-0.05, 0) is 26.0 Å². The molecule has 6 heteroatoms. The predicted molar refractivity (Wildman–Crippen MR) is 63.6 cm³/mol. The van der Waals surface area contributed by atoms with Crippen LogP contribution in [0.15, 0.2) is 24.7 Å². The van der Waals surface area contributed by atoms with Crippen LogP contribution in [0.25, 0.3) is 0 Å². The number of nitrogen functional groups attached to an aromatic ring is 1. The smallest absolute Gasteiger partial charge is 0.227 e. The van der Waals surface area contributed by atoms with Crippen molar-refractivity contribution in [3.8, 4) is 11.6 Å². The molecule has 0 aromatic carbocycles. The number of nitrogens with one attached hydrogen (secondary N) is 1. The number of nitrogens with zero attached hydrogens (tertiary/aromatic N) is 3. The lowest BCUT2D eigenvalue weighted by Gasteiger charge is -2.10. The van der Waals surface area contributed by atoms with Crippen molar-refractivity contribution in [3.05, 3.63) is 35.9 Å². The SMILES string of the molecule is Cc1ncccc1Oc1ncnc(NN)c1C. The number of anilines is 1. The normalized spacial score (nSPS) is 10.1. The number of hydrogen-bond acceptors (Lipinski definition) is 6. The van der Waals surface area contributed by atoms with Gasteiger partial charge in [-0.3, -0.25) is 4.98 Å². The molecule has 0 saturated carbocycles. The quantitative estimate of drug-likeness (QED) is 0.616. The molecule has 2 aromatic heterocycles. The van der Waals surface area contributed by atoms with Crippen molar-refractivity contribution in [2.75, 3.05) is 5.43 Å². The van der Waals surface area contributed by atoms with Crippen LogP contribution in [0.4, 0.5) is 5.82 Å². The maximum atomic E-state index is 5.67. The van der Waals surface area contributed by atoms with Crippen LogP contribution in [-0.2, 0) is 0 Å². The highest BCUT2D eigenvalue weighted by molar-refractivity contribution is 5.47. The third-order valence-electron chi connectivity index (χ3n) is 2.34. The zero-order valence-electron chi connectivity index (χ0n) is 9.64. The lowest BCUT2D eigenvalue weighted by atomic mass is 10.3. The van der Waals surface area contributed by atoms with Crippen LogP contribution < -0.4 is 16.0 Å². The first kappa shape index (κ1) is 11.3. The summed E-state index contributed by atoms with van der Waals surface area (Å²) in [5.74, 6) is 7.00. The van der Waals surface area contributed by atoms with E-state index in [2.05, 4.69) is 20.4 Å². The van der Waals surface area contributed by atoms with Gasteiger partial charge in [-0.25, -0.2) is 15.8 Å². The third-order valence-corrected chi connectivity index (χ3v) is 2.34. The molecule has 0 spiro atoms. The minimum Gasteiger partial charge on any atom is -0.437 e. The van der Waals surface area contributed by atoms with Gasteiger partial charge in [-0.1, -0.05) is 0 Å². The summed E-state index contributed by atoms with van der Waals surface area (Å²) < 4.78 is 5.67. The summed E-state index contributed by atoms with van der Waals surface area (Å²) in [6.45, 7) is 3.70. The van der Waals surface area contributed by atoms with E-state index in [1.54, 1.807) is 12.3 Å². The highest BCUT2D eigenvalue weighted by Gasteiger charge is 2.09. The Hall–Kier alpha value is -2.21. The van der Waals surface area contributed by atoms with Crippen molar-refractivity contribution in [2.24, 2.45) is 5.84 Å². The highest BCUT2D eigenvalue weighted by Crippen LogP contribution is 2.26. The summed E-state index contributed by atoms with van der Waals surface area (Å²) in [6, 6.07) is 3.64. The molecule has 0 saturated heterocycles. The first-order chi connectivity index (χ1) is 8.22. The van der Waals surface area contributed by atoms with Crippen LogP contribution >= 0.6 is 0 Å². The fraction of sp³-hybridized carbons (Fsp3) is 0.182. The Morgan fingerprint density at radius 3 is 2.76 bits per heavy atom. The second kappa shape index (κ2) is 4.75. The largest absolute Gasteiger partial charge is 0.437 e. The third kappa shape index (κ3) is 2.31. The fourth-order valence-corrected chi connectivity index (χ4v) is 1.36.